The Hall–Kier alpha value is -2.01. The number of phenolic OH excluding ortho intramolecular Hbond substituents is 1. The summed E-state index contributed by atoms with van der Waals surface area (Å²) in [5.41, 5.74) is 0.328. The lowest BCUT2D eigenvalue weighted by atomic mass is 10.0. The lowest BCUT2D eigenvalue weighted by Crippen LogP contribution is -2.08. The number of aromatic nitrogens is 1. The molecule has 2 rings (SSSR count). The van der Waals surface area contributed by atoms with E-state index in [4.69, 9.17) is 0 Å². The third-order valence-electron chi connectivity index (χ3n) is 2.38. The van der Waals surface area contributed by atoms with Crippen LogP contribution in [0.3, 0.4) is 0 Å². The van der Waals surface area contributed by atoms with Crippen molar-refractivity contribution in [1.29, 1.82) is 0 Å². The second-order valence-electron chi connectivity index (χ2n) is 3.55. The fraction of sp³-hybridized carbons (Fsp3) is 0. The maximum atomic E-state index is 12.2. The van der Waals surface area contributed by atoms with Crippen molar-refractivity contribution >= 4 is 28.0 Å². The fourth-order valence-electron chi connectivity index (χ4n) is 1.52. The van der Waals surface area contributed by atoms with Crippen LogP contribution in [-0.4, -0.2) is 22.2 Å². The zero-order chi connectivity index (χ0) is 13.1. The van der Waals surface area contributed by atoms with Gasteiger partial charge in [-0.3, -0.25) is 14.6 Å². The smallest absolute Gasteiger partial charge is 0.215 e. The molecule has 1 heterocycles. The van der Waals surface area contributed by atoms with Gasteiger partial charge < -0.3 is 5.11 Å². The summed E-state index contributed by atoms with van der Waals surface area (Å²) in [5, 5.41) is 9.67. The van der Waals surface area contributed by atoms with Gasteiger partial charge in [-0.2, -0.15) is 0 Å². The molecule has 0 saturated heterocycles. The van der Waals surface area contributed by atoms with Gasteiger partial charge in [-0.1, -0.05) is 15.9 Å². The van der Waals surface area contributed by atoms with Crippen LogP contribution >= 0.6 is 15.9 Å². The van der Waals surface area contributed by atoms with E-state index in [-0.39, 0.29) is 22.6 Å². The topological polar surface area (TPSA) is 67.3 Å². The standard InChI is InChI=1S/C13H8BrNO3/c14-9-3-4-11(17)10(6-9)13(18)12-8(7-16)2-1-5-15-12/h1-7,17H. The van der Waals surface area contributed by atoms with Crippen molar-refractivity contribution < 1.29 is 14.7 Å². The molecule has 0 unspecified atom stereocenters. The number of aldehydes is 1. The summed E-state index contributed by atoms with van der Waals surface area (Å²) in [6.07, 6.45) is 1.99. The summed E-state index contributed by atoms with van der Waals surface area (Å²) in [7, 11) is 0. The molecule has 0 aliphatic heterocycles. The number of aromatic hydroxyl groups is 1. The maximum Gasteiger partial charge on any atom is 0.215 e. The third-order valence-corrected chi connectivity index (χ3v) is 2.88. The molecule has 2 aromatic rings. The highest BCUT2D eigenvalue weighted by atomic mass is 79.9. The molecule has 1 N–H and O–H groups in total. The van der Waals surface area contributed by atoms with Gasteiger partial charge in [0, 0.05) is 16.2 Å². The quantitative estimate of drug-likeness (QED) is 0.699. The lowest BCUT2D eigenvalue weighted by Gasteiger charge is -2.05. The number of benzene rings is 1. The average Bonchev–Trinajstić information content (AvgIpc) is 2.40. The van der Waals surface area contributed by atoms with Crippen molar-refractivity contribution in [2.24, 2.45) is 0 Å². The zero-order valence-electron chi connectivity index (χ0n) is 9.13. The van der Waals surface area contributed by atoms with Crippen molar-refractivity contribution in [2.45, 2.75) is 0 Å². The molecule has 1 aromatic carbocycles. The summed E-state index contributed by atoms with van der Waals surface area (Å²) in [4.78, 5) is 26.9. The van der Waals surface area contributed by atoms with E-state index >= 15 is 0 Å². The number of hydrogen-bond donors (Lipinski definition) is 1. The number of carbonyl (C=O) groups excluding carboxylic acids is 2. The number of phenols is 1. The van der Waals surface area contributed by atoms with E-state index in [1.165, 1.54) is 24.4 Å². The summed E-state index contributed by atoms with van der Waals surface area (Å²) in [6, 6.07) is 7.58. The molecule has 0 saturated carbocycles. The van der Waals surface area contributed by atoms with Crippen molar-refractivity contribution in [3.63, 3.8) is 0 Å². The number of pyridine rings is 1. The summed E-state index contributed by atoms with van der Waals surface area (Å²) < 4.78 is 0.659. The van der Waals surface area contributed by atoms with Crippen LogP contribution in [0.2, 0.25) is 0 Å². The van der Waals surface area contributed by atoms with Crippen LogP contribution in [0.15, 0.2) is 41.0 Å². The molecule has 18 heavy (non-hydrogen) atoms. The second-order valence-corrected chi connectivity index (χ2v) is 4.47. The SMILES string of the molecule is O=Cc1cccnc1C(=O)c1cc(Br)ccc1O. The fourth-order valence-corrected chi connectivity index (χ4v) is 1.88. The van der Waals surface area contributed by atoms with Gasteiger partial charge in [-0.15, -0.1) is 0 Å². The van der Waals surface area contributed by atoms with Gasteiger partial charge in [0.15, 0.2) is 6.29 Å². The Bertz CT molecular complexity index is 625. The highest BCUT2D eigenvalue weighted by molar-refractivity contribution is 9.10. The maximum absolute atomic E-state index is 12.2. The normalized spacial score (nSPS) is 10.1. The van der Waals surface area contributed by atoms with Crippen LogP contribution in [0.4, 0.5) is 0 Å². The van der Waals surface area contributed by atoms with E-state index in [2.05, 4.69) is 20.9 Å². The van der Waals surface area contributed by atoms with Crippen LogP contribution in [-0.2, 0) is 0 Å². The van der Waals surface area contributed by atoms with E-state index in [0.29, 0.717) is 10.8 Å². The monoisotopic (exact) mass is 305 g/mol. The minimum absolute atomic E-state index is 0.0286. The molecule has 0 spiro atoms. The molecule has 90 valence electrons. The molecule has 0 aliphatic rings. The van der Waals surface area contributed by atoms with Gasteiger partial charge in [0.1, 0.15) is 11.4 Å². The summed E-state index contributed by atoms with van der Waals surface area (Å²) in [6.45, 7) is 0. The summed E-state index contributed by atoms with van der Waals surface area (Å²) >= 11 is 3.22. The Kier molecular flexibility index (Phi) is 3.53. The largest absolute Gasteiger partial charge is 0.507 e. The molecule has 4 nitrogen and oxygen atoms in total. The zero-order valence-corrected chi connectivity index (χ0v) is 10.7. The number of hydrogen-bond acceptors (Lipinski definition) is 4. The van der Waals surface area contributed by atoms with Gasteiger partial charge >= 0.3 is 0 Å². The minimum atomic E-state index is -0.489. The Morgan fingerprint density at radius 2 is 2.11 bits per heavy atom. The Morgan fingerprint density at radius 1 is 1.33 bits per heavy atom. The van der Waals surface area contributed by atoms with E-state index in [1.807, 2.05) is 0 Å². The third kappa shape index (κ3) is 2.31. The number of halogens is 1. The lowest BCUT2D eigenvalue weighted by molar-refractivity contribution is 0.102. The first kappa shape index (κ1) is 12.4. The van der Waals surface area contributed by atoms with Crippen LogP contribution < -0.4 is 0 Å². The van der Waals surface area contributed by atoms with Gasteiger partial charge in [0.05, 0.1) is 5.56 Å². The van der Waals surface area contributed by atoms with Crippen LogP contribution in [0.25, 0.3) is 0 Å². The number of ketones is 1. The van der Waals surface area contributed by atoms with E-state index in [0.717, 1.165) is 0 Å². The molecule has 0 fully saturated rings. The Morgan fingerprint density at radius 3 is 2.83 bits per heavy atom. The van der Waals surface area contributed by atoms with Gasteiger partial charge in [-0.25, -0.2) is 0 Å². The van der Waals surface area contributed by atoms with E-state index < -0.39 is 5.78 Å². The van der Waals surface area contributed by atoms with Crippen molar-refractivity contribution in [2.75, 3.05) is 0 Å². The van der Waals surface area contributed by atoms with Crippen LogP contribution in [0, 0.1) is 0 Å². The molecule has 1 aromatic heterocycles. The van der Waals surface area contributed by atoms with Gasteiger partial charge in [-0.05, 0) is 30.3 Å². The minimum Gasteiger partial charge on any atom is -0.507 e. The highest BCUT2D eigenvalue weighted by Gasteiger charge is 2.18. The van der Waals surface area contributed by atoms with Crippen LogP contribution in [0.1, 0.15) is 26.4 Å². The molecular formula is C13H8BrNO3. The average molecular weight is 306 g/mol. The first-order valence-electron chi connectivity index (χ1n) is 5.07. The molecule has 5 heteroatoms. The first-order valence-corrected chi connectivity index (χ1v) is 5.86. The molecule has 0 amide bonds. The number of carbonyl (C=O) groups is 2. The molecule has 0 atom stereocenters. The Labute approximate surface area is 111 Å². The van der Waals surface area contributed by atoms with Gasteiger partial charge in [0.25, 0.3) is 0 Å². The van der Waals surface area contributed by atoms with Crippen LogP contribution in [0.5, 0.6) is 5.75 Å². The number of nitrogens with zero attached hydrogens (tertiary/aromatic N) is 1. The molecule has 0 bridgehead atoms. The van der Waals surface area contributed by atoms with Gasteiger partial charge in [0.2, 0.25) is 5.78 Å². The van der Waals surface area contributed by atoms with Crippen molar-refractivity contribution in [3.05, 3.63) is 57.8 Å². The molecule has 0 radical (unpaired) electrons. The molecule has 0 aliphatic carbocycles. The molecular weight excluding hydrogens is 298 g/mol. The summed E-state index contributed by atoms with van der Waals surface area (Å²) in [5.74, 6) is -0.637. The predicted molar refractivity (Wildman–Crippen MR) is 68.9 cm³/mol. The van der Waals surface area contributed by atoms with E-state index in [1.54, 1.807) is 12.1 Å². The predicted octanol–water partition coefficient (Wildman–Crippen LogP) is 2.59. The number of rotatable bonds is 3. The first-order chi connectivity index (χ1) is 8.63. The highest BCUT2D eigenvalue weighted by Crippen LogP contribution is 2.24. The van der Waals surface area contributed by atoms with Crippen molar-refractivity contribution in [1.82, 2.24) is 4.98 Å². The second kappa shape index (κ2) is 5.10. The van der Waals surface area contributed by atoms with Crippen molar-refractivity contribution in [3.8, 4) is 5.75 Å². The van der Waals surface area contributed by atoms with E-state index in [9.17, 15) is 14.7 Å². The Balaban J connectivity index is 2.54.